The van der Waals surface area contributed by atoms with Gasteiger partial charge in [0.25, 0.3) is 5.24 Å². The van der Waals surface area contributed by atoms with Crippen molar-refractivity contribution in [2.45, 2.75) is 30.7 Å². The third-order valence-electron chi connectivity index (χ3n) is 9.77. The first kappa shape index (κ1) is 34.3. The minimum absolute atomic E-state index is 0.00324. The largest absolute Gasteiger partial charge is 0.497 e. The number of thioether (sulfide) groups is 1. The van der Waals surface area contributed by atoms with Crippen LogP contribution in [-0.2, 0) is 16.1 Å². The van der Waals surface area contributed by atoms with Gasteiger partial charge in [0, 0.05) is 30.1 Å². The van der Waals surface area contributed by atoms with E-state index >= 15 is 0 Å². The first-order valence-electron chi connectivity index (χ1n) is 17.3. The van der Waals surface area contributed by atoms with E-state index in [0.717, 1.165) is 63.4 Å². The monoisotopic (exact) mass is 699 g/mol. The zero-order chi connectivity index (χ0) is 35.2. The maximum Gasteiger partial charge on any atom is 0.282 e. The van der Waals surface area contributed by atoms with Crippen LogP contribution < -0.4 is 14.8 Å². The van der Waals surface area contributed by atoms with Crippen LogP contribution in [0.5, 0.6) is 17.2 Å². The first-order chi connectivity index (χ1) is 25.0. The second kappa shape index (κ2) is 15.8. The van der Waals surface area contributed by atoms with Crippen molar-refractivity contribution >= 4 is 33.8 Å². The third-order valence-corrected chi connectivity index (χ3v) is 11.0. The number of carbonyl (C=O) groups excluding carboxylic acids is 2. The molecule has 260 valence electrons. The average Bonchev–Trinajstić information content (AvgIpc) is 3.50. The fourth-order valence-corrected chi connectivity index (χ4v) is 8.39. The number of hydrogen-bond donors (Lipinski definition) is 1. The molecule has 0 saturated carbocycles. The number of piperidine rings is 1. The van der Waals surface area contributed by atoms with E-state index in [0.29, 0.717) is 19.7 Å². The molecule has 51 heavy (non-hydrogen) atoms. The third kappa shape index (κ3) is 7.95. The number of fused-ring (bicyclic) bond motifs is 2. The Kier molecular flexibility index (Phi) is 10.7. The molecule has 2 fully saturated rings. The molecule has 5 aromatic rings. The van der Waals surface area contributed by atoms with Crippen molar-refractivity contribution in [2.75, 3.05) is 26.8 Å². The molecular formula is C42H41N3O5S. The van der Waals surface area contributed by atoms with Crippen LogP contribution in [-0.4, -0.2) is 53.9 Å². The van der Waals surface area contributed by atoms with Crippen LogP contribution in [0.1, 0.15) is 29.2 Å². The van der Waals surface area contributed by atoms with Gasteiger partial charge in [0.15, 0.2) is 0 Å². The second-order valence-electron chi connectivity index (χ2n) is 13.0. The molecule has 3 heterocycles. The number of aromatic nitrogens is 1. The van der Waals surface area contributed by atoms with E-state index in [1.54, 1.807) is 7.11 Å². The first-order valence-corrected chi connectivity index (χ1v) is 18.2. The Bertz CT molecular complexity index is 1990. The number of pyridine rings is 1. The zero-order valence-electron chi connectivity index (χ0n) is 28.6. The Morgan fingerprint density at radius 1 is 0.980 bits per heavy atom. The molecule has 0 spiro atoms. The molecule has 4 unspecified atom stereocenters. The quantitative estimate of drug-likeness (QED) is 0.123. The van der Waals surface area contributed by atoms with Crippen molar-refractivity contribution in [2.24, 2.45) is 11.8 Å². The highest BCUT2D eigenvalue weighted by Crippen LogP contribution is 2.51. The van der Waals surface area contributed by atoms with Crippen LogP contribution in [0.2, 0.25) is 0 Å². The van der Waals surface area contributed by atoms with E-state index in [-0.39, 0.29) is 40.9 Å². The molecule has 1 N–H and O–H groups in total. The van der Waals surface area contributed by atoms with Crippen LogP contribution in [0.3, 0.4) is 0 Å². The summed E-state index contributed by atoms with van der Waals surface area (Å²) >= 11 is 1.39. The Labute approximate surface area is 302 Å². The fraction of sp³-hybridized carbons (Fsp3) is 0.262. The highest BCUT2D eigenvalue weighted by atomic mass is 32.2. The summed E-state index contributed by atoms with van der Waals surface area (Å²) in [6.07, 6.45) is 3.59. The van der Waals surface area contributed by atoms with Gasteiger partial charge in [-0.25, -0.2) is 4.98 Å². The molecule has 1 aromatic heterocycles. The number of rotatable bonds is 13. The standard InChI is InChI=1S/C42H41N3O5S/c1-3-29(25-43-40(46)27-49-26-28-10-6-4-7-11-28)31-20-21-45-39(22-31)41(51-42(45)47)36-24-38(44-37-19-18-34(48-2)23-35(36)37)30-14-16-33(17-15-30)50-32-12-8-5-9-13-32/h3-19,23-24,29,31,39,41H,1,20-22,25-27H2,2H3,(H,43,46). The second-order valence-corrected chi connectivity index (χ2v) is 14.0. The number of ether oxygens (including phenoxy) is 3. The van der Waals surface area contributed by atoms with Crippen LogP contribution in [0.4, 0.5) is 4.79 Å². The summed E-state index contributed by atoms with van der Waals surface area (Å²) in [5.41, 5.74) is 4.71. The summed E-state index contributed by atoms with van der Waals surface area (Å²) in [5.74, 6) is 2.42. The van der Waals surface area contributed by atoms with Crippen molar-refractivity contribution in [3.05, 3.63) is 133 Å². The number of nitrogens with one attached hydrogen (secondary N) is 1. The molecule has 2 aliphatic heterocycles. The van der Waals surface area contributed by atoms with Crippen molar-refractivity contribution in [3.63, 3.8) is 0 Å². The van der Waals surface area contributed by atoms with Gasteiger partial charge in [0.2, 0.25) is 5.91 Å². The lowest BCUT2D eigenvalue weighted by Gasteiger charge is -2.39. The summed E-state index contributed by atoms with van der Waals surface area (Å²) < 4.78 is 17.3. The van der Waals surface area contributed by atoms with Crippen LogP contribution in [0, 0.1) is 11.8 Å². The van der Waals surface area contributed by atoms with Crippen molar-refractivity contribution in [3.8, 4) is 28.5 Å². The highest BCUT2D eigenvalue weighted by molar-refractivity contribution is 8.14. The molecule has 0 radical (unpaired) electrons. The van der Waals surface area contributed by atoms with E-state index < -0.39 is 0 Å². The number of nitrogens with zero attached hydrogens (tertiary/aromatic N) is 2. The van der Waals surface area contributed by atoms with E-state index in [1.807, 2.05) is 114 Å². The zero-order valence-corrected chi connectivity index (χ0v) is 29.4. The molecular weight excluding hydrogens is 659 g/mol. The molecule has 2 amide bonds. The van der Waals surface area contributed by atoms with E-state index in [9.17, 15) is 9.59 Å². The highest BCUT2D eigenvalue weighted by Gasteiger charge is 2.46. The van der Waals surface area contributed by atoms with Gasteiger partial charge in [0.1, 0.15) is 23.9 Å². The Hall–Kier alpha value is -5.12. The van der Waals surface area contributed by atoms with Crippen LogP contribution in [0.15, 0.2) is 122 Å². The normalized spacial score (nSPS) is 19.0. The van der Waals surface area contributed by atoms with Gasteiger partial charge in [0.05, 0.1) is 30.2 Å². The SMILES string of the molecule is C=CC(CNC(=O)COCc1ccccc1)C1CCN2C(=O)SC(c3cc(-c4ccc(Oc5ccccc5)cc4)nc4ccc(OC)cc34)C2C1. The Morgan fingerprint density at radius 2 is 1.71 bits per heavy atom. The number of hydrogen-bond acceptors (Lipinski definition) is 7. The summed E-state index contributed by atoms with van der Waals surface area (Å²) in [4.78, 5) is 33.3. The molecule has 2 saturated heterocycles. The molecule has 0 bridgehead atoms. The molecule has 7 rings (SSSR count). The number of methoxy groups -OCH3 is 1. The summed E-state index contributed by atoms with van der Waals surface area (Å²) in [7, 11) is 1.66. The molecule has 8 nitrogen and oxygen atoms in total. The van der Waals surface area contributed by atoms with E-state index in [4.69, 9.17) is 19.2 Å². The van der Waals surface area contributed by atoms with Gasteiger partial charge < -0.3 is 24.4 Å². The van der Waals surface area contributed by atoms with E-state index in [2.05, 4.69) is 18.0 Å². The summed E-state index contributed by atoms with van der Waals surface area (Å²) in [5, 5.41) is 4.02. The van der Waals surface area contributed by atoms with Crippen molar-refractivity contribution in [1.82, 2.24) is 15.2 Å². The molecule has 2 aliphatic rings. The topological polar surface area (TPSA) is 90.0 Å². The van der Waals surface area contributed by atoms with Gasteiger partial charge in [-0.1, -0.05) is 66.4 Å². The maximum atomic E-state index is 13.5. The van der Waals surface area contributed by atoms with E-state index in [1.165, 1.54) is 11.8 Å². The lowest BCUT2D eigenvalue weighted by molar-refractivity contribution is -0.126. The predicted octanol–water partition coefficient (Wildman–Crippen LogP) is 8.83. The molecule has 4 aromatic carbocycles. The number of carbonyl (C=O) groups is 2. The van der Waals surface area contributed by atoms with Gasteiger partial charge >= 0.3 is 0 Å². The number of benzene rings is 4. The maximum absolute atomic E-state index is 13.5. The Morgan fingerprint density at radius 3 is 2.45 bits per heavy atom. The smallest absolute Gasteiger partial charge is 0.282 e. The van der Waals surface area contributed by atoms with Crippen LogP contribution >= 0.6 is 11.8 Å². The van der Waals surface area contributed by atoms with Gasteiger partial charge in [-0.3, -0.25) is 9.59 Å². The molecule has 0 aliphatic carbocycles. The lowest BCUT2D eigenvalue weighted by atomic mass is 9.79. The van der Waals surface area contributed by atoms with Crippen LogP contribution in [0.25, 0.3) is 22.2 Å². The predicted molar refractivity (Wildman–Crippen MR) is 202 cm³/mol. The summed E-state index contributed by atoms with van der Waals surface area (Å²) in [6.45, 7) is 5.65. The summed E-state index contributed by atoms with van der Waals surface area (Å²) in [6, 6.07) is 35.5. The minimum atomic E-state index is -0.149. The molecule has 9 heteroatoms. The number of para-hydroxylation sites is 1. The van der Waals surface area contributed by atoms with Gasteiger partial charge in [-0.2, -0.15) is 0 Å². The van der Waals surface area contributed by atoms with Crippen molar-refractivity contribution in [1.29, 1.82) is 0 Å². The number of amides is 2. The molecule has 4 atom stereocenters. The van der Waals surface area contributed by atoms with Crippen molar-refractivity contribution < 1.29 is 23.8 Å². The lowest BCUT2D eigenvalue weighted by Crippen LogP contribution is -2.45. The van der Waals surface area contributed by atoms with Gasteiger partial charge in [-0.05, 0) is 96.5 Å². The fourth-order valence-electron chi connectivity index (χ4n) is 7.07. The average molecular weight is 700 g/mol. The minimum Gasteiger partial charge on any atom is -0.497 e. The Balaban J connectivity index is 1.10. The van der Waals surface area contributed by atoms with Gasteiger partial charge in [-0.15, -0.1) is 6.58 Å².